The van der Waals surface area contributed by atoms with E-state index < -0.39 is 69.7 Å². The van der Waals surface area contributed by atoms with Gasteiger partial charge in [-0.2, -0.15) is 0 Å². The molecule has 7 N–H and O–H groups in total. The number of hydrogen-bond acceptors (Lipinski definition) is 9. The number of allylic oxidation sites excluding steroid dienone is 2. The van der Waals surface area contributed by atoms with Crippen LogP contribution in [0.1, 0.15) is 28.8 Å². The van der Waals surface area contributed by atoms with Gasteiger partial charge in [0, 0.05) is 17.9 Å². The first-order valence-corrected chi connectivity index (χ1v) is 11.5. The summed E-state index contributed by atoms with van der Waals surface area (Å²) >= 11 is 0. The predicted octanol–water partition coefficient (Wildman–Crippen LogP) is 2.33. The molecule has 38 heavy (non-hydrogen) atoms. The van der Waals surface area contributed by atoms with Crippen LogP contribution in [0.15, 0.2) is 59.1 Å². The van der Waals surface area contributed by atoms with Gasteiger partial charge in [-0.3, -0.25) is 19.7 Å². The smallest absolute Gasteiger partial charge is 0.417 e. The normalized spacial score (nSPS) is 24.4. The Morgan fingerprint density at radius 3 is 2.39 bits per heavy atom. The highest BCUT2D eigenvalue weighted by Crippen LogP contribution is 2.51. The van der Waals surface area contributed by atoms with E-state index in [1.54, 1.807) is 0 Å². The number of ketones is 2. The number of carbonyl (C=O) groups excluding carboxylic acids is 4. The van der Waals surface area contributed by atoms with E-state index in [1.807, 2.05) is 0 Å². The maximum absolute atomic E-state index is 13.5. The lowest BCUT2D eigenvalue weighted by molar-refractivity contribution is -0.144. The Morgan fingerprint density at radius 1 is 1.05 bits per heavy atom. The van der Waals surface area contributed by atoms with Gasteiger partial charge in [0.05, 0.1) is 11.3 Å². The standard InChI is InChI=1S/C26H21FN2O9/c27-13-2-4-14(5-3-13)38-25(36)29-15-6-1-10-7-11-8-12-9-16(30)19(24(28)35)23(34)26(12,37)22(33)18(11)21(32)17(10)20(15)31/h1-6,11-12,30-31,33,37H,7-9H2,(H2,28,35)(H,29,36)/t11-,12-,26-/m0/s1. The number of amides is 2. The first kappa shape index (κ1) is 25.0. The van der Waals surface area contributed by atoms with E-state index in [0.717, 1.165) is 12.1 Å². The lowest BCUT2D eigenvalue weighted by Crippen LogP contribution is -2.57. The van der Waals surface area contributed by atoms with E-state index in [0.29, 0.717) is 5.56 Å². The molecule has 0 bridgehead atoms. The Labute approximate surface area is 213 Å². The van der Waals surface area contributed by atoms with E-state index in [1.165, 1.54) is 24.3 Å². The number of hydrogen-bond donors (Lipinski definition) is 6. The molecule has 0 fully saturated rings. The molecule has 2 amide bonds. The minimum absolute atomic E-state index is 0.00761. The van der Waals surface area contributed by atoms with Crippen LogP contribution in [0.3, 0.4) is 0 Å². The Bertz CT molecular complexity index is 1490. The van der Waals surface area contributed by atoms with Gasteiger partial charge in [0.1, 0.15) is 28.7 Å². The summed E-state index contributed by atoms with van der Waals surface area (Å²) in [5.74, 6) is -7.92. The highest BCUT2D eigenvalue weighted by molar-refractivity contribution is 6.24. The zero-order valence-electron chi connectivity index (χ0n) is 19.5. The quantitative estimate of drug-likeness (QED) is 0.258. The van der Waals surface area contributed by atoms with Crippen LogP contribution in [0, 0.1) is 17.7 Å². The number of ether oxygens (including phenoxy) is 1. The summed E-state index contributed by atoms with van der Waals surface area (Å²) in [6, 6.07) is 7.43. The average molecular weight is 524 g/mol. The second kappa shape index (κ2) is 8.70. The van der Waals surface area contributed by atoms with E-state index >= 15 is 0 Å². The van der Waals surface area contributed by atoms with Gasteiger partial charge in [0.25, 0.3) is 5.91 Å². The van der Waals surface area contributed by atoms with Crippen molar-refractivity contribution in [1.82, 2.24) is 0 Å². The Kier molecular flexibility index (Phi) is 5.71. The van der Waals surface area contributed by atoms with E-state index in [4.69, 9.17) is 10.5 Å². The number of phenolic OH excluding ortho intramolecular Hbond substituents is 1. The largest absolute Gasteiger partial charge is 0.511 e. The van der Waals surface area contributed by atoms with Gasteiger partial charge in [0.15, 0.2) is 17.1 Å². The van der Waals surface area contributed by atoms with Crippen molar-refractivity contribution in [3.05, 3.63) is 76.0 Å². The lowest BCUT2D eigenvalue weighted by Gasteiger charge is -2.45. The van der Waals surface area contributed by atoms with Gasteiger partial charge in [-0.1, -0.05) is 6.07 Å². The third-order valence-corrected chi connectivity index (χ3v) is 7.20. The number of carbonyl (C=O) groups is 4. The number of aliphatic hydroxyl groups is 3. The molecule has 0 spiro atoms. The molecule has 0 saturated heterocycles. The van der Waals surface area contributed by atoms with Crippen molar-refractivity contribution >= 4 is 29.3 Å². The number of aromatic hydroxyl groups is 1. The fraction of sp³-hybridized carbons (Fsp3) is 0.231. The van der Waals surface area contributed by atoms with E-state index in [9.17, 15) is 44.0 Å². The maximum atomic E-state index is 13.5. The highest BCUT2D eigenvalue weighted by Gasteiger charge is 2.59. The molecule has 2 aromatic rings. The Hall–Kier alpha value is -4.71. The summed E-state index contributed by atoms with van der Waals surface area (Å²) in [7, 11) is 0. The van der Waals surface area contributed by atoms with Crippen LogP contribution in [0.5, 0.6) is 11.5 Å². The Balaban J connectivity index is 1.49. The summed E-state index contributed by atoms with van der Waals surface area (Å²) in [6.45, 7) is 0. The maximum Gasteiger partial charge on any atom is 0.417 e. The first-order chi connectivity index (χ1) is 17.9. The number of nitrogens with one attached hydrogen (secondary N) is 1. The number of primary amides is 1. The van der Waals surface area contributed by atoms with Gasteiger partial charge in [-0.15, -0.1) is 0 Å². The molecule has 0 heterocycles. The number of halogens is 1. The van der Waals surface area contributed by atoms with Crippen molar-refractivity contribution in [2.24, 2.45) is 17.6 Å². The molecule has 5 rings (SSSR count). The monoisotopic (exact) mass is 524 g/mol. The van der Waals surface area contributed by atoms with Crippen molar-refractivity contribution in [3.8, 4) is 11.5 Å². The van der Waals surface area contributed by atoms with Crippen molar-refractivity contribution in [3.63, 3.8) is 0 Å². The molecule has 3 atom stereocenters. The molecule has 3 aliphatic rings. The highest BCUT2D eigenvalue weighted by atomic mass is 19.1. The van der Waals surface area contributed by atoms with E-state index in [-0.39, 0.29) is 41.8 Å². The summed E-state index contributed by atoms with van der Waals surface area (Å²) in [4.78, 5) is 50.5. The van der Waals surface area contributed by atoms with Crippen LogP contribution < -0.4 is 15.8 Å². The van der Waals surface area contributed by atoms with Crippen molar-refractivity contribution < 1.29 is 48.7 Å². The number of Topliss-reactive ketones (excluding diaryl/α,β-unsaturated/α-hetero) is 2. The molecule has 196 valence electrons. The molecule has 3 aliphatic carbocycles. The van der Waals surface area contributed by atoms with Crippen LogP contribution in [0.4, 0.5) is 14.9 Å². The predicted molar refractivity (Wildman–Crippen MR) is 127 cm³/mol. The number of benzene rings is 2. The fourth-order valence-electron chi connectivity index (χ4n) is 5.44. The summed E-state index contributed by atoms with van der Waals surface area (Å²) < 4.78 is 18.1. The van der Waals surface area contributed by atoms with Gasteiger partial charge < -0.3 is 30.9 Å². The molecule has 0 aliphatic heterocycles. The minimum atomic E-state index is -2.67. The third-order valence-electron chi connectivity index (χ3n) is 7.20. The van der Waals surface area contributed by atoms with Gasteiger partial charge >= 0.3 is 6.09 Å². The summed E-state index contributed by atoms with van der Waals surface area (Å²) in [5, 5.41) is 45.6. The van der Waals surface area contributed by atoms with Gasteiger partial charge in [0.2, 0.25) is 5.78 Å². The van der Waals surface area contributed by atoms with Crippen LogP contribution in [0.2, 0.25) is 0 Å². The van der Waals surface area contributed by atoms with Crippen LogP contribution in [-0.4, -0.2) is 49.6 Å². The summed E-state index contributed by atoms with van der Waals surface area (Å²) in [6.07, 6.45) is -1.22. The molecule has 0 aromatic heterocycles. The molecule has 0 radical (unpaired) electrons. The van der Waals surface area contributed by atoms with Crippen molar-refractivity contribution in [1.29, 1.82) is 0 Å². The number of aliphatic hydroxyl groups excluding tert-OH is 2. The number of fused-ring (bicyclic) bond motifs is 3. The van der Waals surface area contributed by atoms with E-state index in [2.05, 4.69) is 5.32 Å². The fourth-order valence-corrected chi connectivity index (χ4v) is 5.44. The second-order valence-corrected chi connectivity index (χ2v) is 9.37. The Morgan fingerprint density at radius 2 is 1.74 bits per heavy atom. The van der Waals surface area contributed by atoms with Crippen molar-refractivity contribution in [2.75, 3.05) is 5.32 Å². The number of rotatable bonds is 3. The SMILES string of the molecule is NC(=O)C1=C(O)C[C@@H]2C[C@@H]3Cc4ccc(NC(=O)Oc5ccc(F)cc5)c(O)c4C(=O)C3=C(O)[C@]2(O)C1=O. The first-order valence-electron chi connectivity index (χ1n) is 11.5. The van der Waals surface area contributed by atoms with Crippen molar-refractivity contribution in [2.45, 2.75) is 24.9 Å². The average Bonchev–Trinajstić information content (AvgIpc) is 2.84. The van der Waals surface area contributed by atoms with Crippen LogP contribution >= 0.6 is 0 Å². The second-order valence-electron chi connectivity index (χ2n) is 9.37. The summed E-state index contributed by atoms with van der Waals surface area (Å²) in [5.41, 5.74) is 1.26. The van der Waals surface area contributed by atoms with Gasteiger partial charge in [-0.05, 0) is 54.7 Å². The minimum Gasteiger partial charge on any atom is -0.511 e. The molecular weight excluding hydrogens is 503 g/mol. The zero-order valence-corrected chi connectivity index (χ0v) is 19.5. The molecule has 0 saturated carbocycles. The lowest BCUT2D eigenvalue weighted by atomic mass is 9.60. The number of nitrogens with two attached hydrogens (primary N) is 1. The molecule has 12 heteroatoms. The number of phenols is 1. The molecule has 11 nitrogen and oxygen atoms in total. The van der Waals surface area contributed by atoms with Crippen LogP contribution in [-0.2, 0) is 16.0 Å². The molecule has 0 unspecified atom stereocenters. The molecule has 2 aromatic carbocycles. The zero-order chi connectivity index (χ0) is 27.5. The third kappa shape index (κ3) is 3.68. The number of anilines is 1. The van der Waals surface area contributed by atoms with Gasteiger partial charge in [-0.25, -0.2) is 9.18 Å². The van der Waals surface area contributed by atoms with Crippen LogP contribution in [0.25, 0.3) is 0 Å². The molecular formula is C26H21FN2O9. The topological polar surface area (TPSA) is 196 Å².